The quantitative estimate of drug-likeness (QED) is 0.465. The van der Waals surface area contributed by atoms with E-state index < -0.39 is 0 Å². The maximum absolute atomic E-state index is 10.9. The van der Waals surface area contributed by atoms with Crippen molar-refractivity contribution < 1.29 is 14.3 Å². The Morgan fingerprint density at radius 2 is 2.06 bits per heavy atom. The first-order valence-electron chi connectivity index (χ1n) is 6.49. The third-order valence-electron chi connectivity index (χ3n) is 2.75. The lowest BCUT2D eigenvalue weighted by Crippen LogP contribution is -2.31. The number of nitrogens with one attached hydrogen (secondary N) is 1. The summed E-state index contributed by atoms with van der Waals surface area (Å²) in [5, 5.41) is 3.30. The molecule has 0 aromatic heterocycles. The van der Waals surface area contributed by atoms with E-state index in [9.17, 15) is 4.79 Å². The molecular formula is C12H24N2O3. The van der Waals surface area contributed by atoms with Crippen LogP contribution in [0.4, 0.5) is 0 Å². The van der Waals surface area contributed by atoms with Gasteiger partial charge in [-0.05, 0) is 32.9 Å². The van der Waals surface area contributed by atoms with Gasteiger partial charge >= 0.3 is 5.97 Å². The summed E-state index contributed by atoms with van der Waals surface area (Å²) in [4.78, 5) is 13.4. The van der Waals surface area contributed by atoms with E-state index in [-0.39, 0.29) is 12.6 Å². The molecule has 1 N–H and O–H groups in total. The van der Waals surface area contributed by atoms with E-state index in [2.05, 4.69) is 10.2 Å². The largest absolute Gasteiger partial charge is 0.464 e. The van der Waals surface area contributed by atoms with Crippen molar-refractivity contribution in [2.75, 3.05) is 52.5 Å². The van der Waals surface area contributed by atoms with Crippen LogP contribution in [0.25, 0.3) is 0 Å². The molecule has 1 heterocycles. The summed E-state index contributed by atoms with van der Waals surface area (Å²) in [5.74, 6) is -0.287. The number of rotatable bonds is 9. The Morgan fingerprint density at radius 3 is 2.76 bits per heavy atom. The van der Waals surface area contributed by atoms with Gasteiger partial charge in [0.2, 0.25) is 0 Å². The lowest BCUT2D eigenvalue weighted by atomic mass is 10.4. The predicted octanol–water partition coefficient (Wildman–Crippen LogP) is 0.252. The number of hydrogen-bond acceptors (Lipinski definition) is 5. The van der Waals surface area contributed by atoms with Crippen molar-refractivity contribution in [3.05, 3.63) is 0 Å². The smallest absolute Gasteiger partial charge is 0.332 e. The molecule has 1 rings (SSSR count). The first kappa shape index (κ1) is 14.4. The van der Waals surface area contributed by atoms with Gasteiger partial charge in [0.15, 0.2) is 0 Å². The number of esters is 1. The van der Waals surface area contributed by atoms with Gasteiger partial charge in [0.1, 0.15) is 6.61 Å². The molecule has 5 heteroatoms. The first-order chi connectivity index (χ1) is 8.33. The molecule has 0 aromatic rings. The summed E-state index contributed by atoms with van der Waals surface area (Å²) in [6.07, 6.45) is 2.67. The van der Waals surface area contributed by atoms with Crippen LogP contribution in [0.1, 0.15) is 19.8 Å². The molecule has 0 atom stereocenters. The summed E-state index contributed by atoms with van der Waals surface area (Å²) >= 11 is 0. The van der Waals surface area contributed by atoms with Crippen LogP contribution in [0.15, 0.2) is 0 Å². The highest BCUT2D eigenvalue weighted by Gasteiger charge is 2.09. The van der Waals surface area contributed by atoms with Gasteiger partial charge in [-0.15, -0.1) is 0 Å². The molecule has 1 saturated heterocycles. The summed E-state index contributed by atoms with van der Waals surface area (Å²) in [6, 6.07) is 0. The van der Waals surface area contributed by atoms with Crippen LogP contribution in [0.2, 0.25) is 0 Å². The molecule has 100 valence electrons. The van der Waals surface area contributed by atoms with E-state index in [4.69, 9.17) is 9.47 Å². The Labute approximate surface area is 103 Å². The lowest BCUT2D eigenvalue weighted by Gasteiger charge is -2.14. The minimum Gasteiger partial charge on any atom is -0.464 e. The molecule has 0 aromatic carbocycles. The van der Waals surface area contributed by atoms with Crippen molar-refractivity contribution in [3.8, 4) is 0 Å². The lowest BCUT2D eigenvalue weighted by molar-refractivity contribution is -0.148. The van der Waals surface area contributed by atoms with Gasteiger partial charge in [-0.2, -0.15) is 0 Å². The molecule has 1 fully saturated rings. The first-order valence-corrected chi connectivity index (χ1v) is 6.49. The predicted molar refractivity (Wildman–Crippen MR) is 66.0 cm³/mol. The second-order valence-electron chi connectivity index (χ2n) is 4.16. The highest BCUT2D eigenvalue weighted by molar-refractivity contribution is 5.70. The number of ether oxygens (including phenoxy) is 2. The second-order valence-corrected chi connectivity index (χ2v) is 4.16. The molecule has 0 saturated carbocycles. The average Bonchev–Trinajstić information content (AvgIpc) is 2.81. The Bertz CT molecular complexity index is 206. The second kappa shape index (κ2) is 9.39. The van der Waals surface area contributed by atoms with Gasteiger partial charge in [0.25, 0.3) is 0 Å². The van der Waals surface area contributed by atoms with Gasteiger partial charge < -0.3 is 19.7 Å². The number of carbonyl (C=O) groups is 1. The minimum absolute atomic E-state index is 0.0572. The molecule has 5 nitrogen and oxygen atoms in total. The summed E-state index contributed by atoms with van der Waals surface area (Å²) in [7, 11) is 0. The third-order valence-corrected chi connectivity index (χ3v) is 2.75. The zero-order valence-corrected chi connectivity index (χ0v) is 10.7. The van der Waals surface area contributed by atoms with E-state index in [0.717, 1.165) is 19.6 Å². The van der Waals surface area contributed by atoms with E-state index in [0.29, 0.717) is 13.2 Å². The molecule has 0 unspecified atom stereocenters. The molecule has 0 amide bonds. The van der Waals surface area contributed by atoms with Gasteiger partial charge in [-0.25, -0.2) is 4.79 Å². The SMILES string of the molecule is CCOC(=O)COCCNCCN1CCCC1. The van der Waals surface area contributed by atoms with Gasteiger partial charge in [-0.1, -0.05) is 0 Å². The van der Waals surface area contributed by atoms with Crippen LogP contribution < -0.4 is 5.32 Å². The average molecular weight is 244 g/mol. The monoisotopic (exact) mass is 244 g/mol. The molecule has 0 aliphatic carbocycles. The summed E-state index contributed by atoms with van der Waals surface area (Å²) < 4.78 is 9.92. The highest BCUT2D eigenvalue weighted by atomic mass is 16.6. The fraction of sp³-hybridized carbons (Fsp3) is 0.917. The molecule has 0 spiro atoms. The van der Waals surface area contributed by atoms with E-state index in [1.54, 1.807) is 6.92 Å². The van der Waals surface area contributed by atoms with Crippen LogP contribution in [0.3, 0.4) is 0 Å². The van der Waals surface area contributed by atoms with Crippen molar-refractivity contribution in [2.45, 2.75) is 19.8 Å². The fourth-order valence-electron chi connectivity index (χ4n) is 1.87. The van der Waals surface area contributed by atoms with Gasteiger partial charge in [0, 0.05) is 19.6 Å². The minimum atomic E-state index is -0.287. The Hall–Kier alpha value is -0.650. The van der Waals surface area contributed by atoms with Gasteiger partial charge in [-0.3, -0.25) is 0 Å². The molecule has 1 aliphatic rings. The van der Waals surface area contributed by atoms with E-state index in [1.165, 1.54) is 25.9 Å². The zero-order chi connectivity index (χ0) is 12.3. The van der Waals surface area contributed by atoms with Crippen molar-refractivity contribution in [1.82, 2.24) is 10.2 Å². The van der Waals surface area contributed by atoms with Crippen LogP contribution in [-0.4, -0.2) is 63.4 Å². The normalized spacial score (nSPS) is 16.3. The van der Waals surface area contributed by atoms with Crippen LogP contribution >= 0.6 is 0 Å². The Balaban J connectivity index is 1.79. The molecular weight excluding hydrogens is 220 g/mol. The van der Waals surface area contributed by atoms with Crippen molar-refractivity contribution in [1.29, 1.82) is 0 Å². The maximum atomic E-state index is 10.9. The van der Waals surface area contributed by atoms with Crippen molar-refractivity contribution >= 4 is 5.97 Å². The summed E-state index contributed by atoms with van der Waals surface area (Å²) in [6.45, 7) is 8.17. The van der Waals surface area contributed by atoms with Crippen molar-refractivity contribution in [3.63, 3.8) is 0 Å². The Kier molecular flexibility index (Phi) is 7.96. The molecule has 0 radical (unpaired) electrons. The third kappa shape index (κ3) is 7.31. The van der Waals surface area contributed by atoms with Crippen molar-refractivity contribution in [2.24, 2.45) is 0 Å². The van der Waals surface area contributed by atoms with Crippen LogP contribution in [0.5, 0.6) is 0 Å². The van der Waals surface area contributed by atoms with Gasteiger partial charge in [0.05, 0.1) is 13.2 Å². The summed E-state index contributed by atoms with van der Waals surface area (Å²) in [5.41, 5.74) is 0. The van der Waals surface area contributed by atoms with Crippen LogP contribution in [-0.2, 0) is 14.3 Å². The van der Waals surface area contributed by atoms with E-state index >= 15 is 0 Å². The zero-order valence-electron chi connectivity index (χ0n) is 10.7. The molecule has 17 heavy (non-hydrogen) atoms. The highest BCUT2D eigenvalue weighted by Crippen LogP contribution is 2.05. The fourth-order valence-corrected chi connectivity index (χ4v) is 1.87. The Morgan fingerprint density at radius 1 is 1.29 bits per heavy atom. The number of nitrogens with zero attached hydrogens (tertiary/aromatic N) is 1. The number of hydrogen-bond donors (Lipinski definition) is 1. The molecule has 0 bridgehead atoms. The maximum Gasteiger partial charge on any atom is 0.332 e. The number of likely N-dealkylation sites (tertiary alicyclic amines) is 1. The van der Waals surface area contributed by atoms with E-state index in [1.807, 2.05) is 0 Å². The number of carbonyl (C=O) groups excluding carboxylic acids is 1. The van der Waals surface area contributed by atoms with Crippen LogP contribution in [0, 0.1) is 0 Å². The topological polar surface area (TPSA) is 50.8 Å². The molecule has 1 aliphatic heterocycles. The standard InChI is InChI=1S/C12H24N2O3/c1-2-17-12(15)11-16-10-6-13-5-9-14-7-3-4-8-14/h13H,2-11H2,1H3.